The third-order valence-electron chi connectivity index (χ3n) is 3.25. The fourth-order valence-corrected chi connectivity index (χ4v) is 3.37. The number of hydrogen-bond donors (Lipinski definition) is 0. The Labute approximate surface area is 110 Å². The highest BCUT2D eigenvalue weighted by atomic mass is 32.1. The van der Waals surface area contributed by atoms with E-state index in [0.29, 0.717) is 6.42 Å². The Hall–Kier alpha value is -1.48. The number of hydrogen-bond acceptors (Lipinski definition) is 3. The lowest BCUT2D eigenvalue weighted by molar-refractivity contribution is -0.114. The van der Waals surface area contributed by atoms with Crippen molar-refractivity contribution in [3.05, 3.63) is 40.9 Å². The van der Waals surface area contributed by atoms with Gasteiger partial charge in [-0.3, -0.25) is 4.79 Å². The number of benzene rings is 1. The number of allylic oxidation sites excluding steroid dienone is 2. The van der Waals surface area contributed by atoms with Crippen molar-refractivity contribution in [2.45, 2.75) is 32.1 Å². The molecule has 0 N–H and O–H groups in total. The zero-order valence-electron chi connectivity index (χ0n) is 10.2. The number of ketones is 1. The number of thiazole rings is 1. The van der Waals surface area contributed by atoms with E-state index in [0.717, 1.165) is 36.2 Å². The smallest absolute Gasteiger partial charge is 0.155 e. The maximum atomic E-state index is 11.6. The Kier molecular flexibility index (Phi) is 3.24. The normalized spacial score (nSPS) is 16.7. The van der Waals surface area contributed by atoms with E-state index in [4.69, 9.17) is 0 Å². The molecule has 1 heterocycles. The maximum Gasteiger partial charge on any atom is 0.155 e. The summed E-state index contributed by atoms with van der Waals surface area (Å²) < 4.78 is 1.23. The van der Waals surface area contributed by atoms with Crippen molar-refractivity contribution in [2.75, 3.05) is 0 Å². The average molecular weight is 257 g/mol. The molecule has 1 aromatic heterocycles. The molecular weight excluding hydrogens is 242 g/mol. The summed E-state index contributed by atoms with van der Waals surface area (Å²) in [5.74, 6) is 0.281. The van der Waals surface area contributed by atoms with Gasteiger partial charge in [-0.2, -0.15) is 0 Å². The number of carbonyl (C=O) groups is 1. The summed E-state index contributed by atoms with van der Waals surface area (Å²) in [7, 11) is 0. The third-order valence-corrected chi connectivity index (χ3v) is 4.29. The monoisotopic (exact) mass is 257 g/mol. The van der Waals surface area contributed by atoms with Gasteiger partial charge in [-0.25, -0.2) is 4.98 Å². The molecule has 1 aliphatic carbocycles. The van der Waals surface area contributed by atoms with Gasteiger partial charge < -0.3 is 0 Å². The summed E-state index contributed by atoms with van der Waals surface area (Å²) in [6.07, 6.45) is 6.59. The van der Waals surface area contributed by atoms with Crippen LogP contribution in [0.25, 0.3) is 10.2 Å². The van der Waals surface area contributed by atoms with Crippen LogP contribution in [0, 0.1) is 0 Å². The summed E-state index contributed by atoms with van der Waals surface area (Å²) >= 11 is 1.74. The van der Waals surface area contributed by atoms with Crippen LogP contribution in [0.3, 0.4) is 0 Å². The van der Waals surface area contributed by atoms with Gasteiger partial charge in [0.15, 0.2) is 5.78 Å². The highest BCUT2D eigenvalue weighted by molar-refractivity contribution is 7.18. The highest BCUT2D eigenvalue weighted by Gasteiger charge is 2.11. The molecule has 1 aromatic carbocycles. The molecule has 0 aliphatic heterocycles. The largest absolute Gasteiger partial charge is 0.295 e. The lowest BCUT2D eigenvalue weighted by Gasteiger charge is -2.00. The van der Waals surface area contributed by atoms with Gasteiger partial charge in [0.25, 0.3) is 0 Å². The summed E-state index contributed by atoms with van der Waals surface area (Å²) in [6, 6.07) is 8.20. The van der Waals surface area contributed by atoms with E-state index < -0.39 is 0 Å². The van der Waals surface area contributed by atoms with Crippen LogP contribution in [-0.2, 0) is 11.2 Å². The second-order valence-corrected chi connectivity index (χ2v) is 5.84. The van der Waals surface area contributed by atoms with Crippen LogP contribution in [-0.4, -0.2) is 10.8 Å². The Morgan fingerprint density at radius 1 is 1.17 bits per heavy atom. The average Bonchev–Trinajstić information content (AvgIpc) is 2.65. The van der Waals surface area contributed by atoms with Gasteiger partial charge in [-0.1, -0.05) is 17.7 Å². The van der Waals surface area contributed by atoms with E-state index in [1.54, 1.807) is 11.3 Å². The Morgan fingerprint density at radius 2 is 2.00 bits per heavy atom. The maximum absolute atomic E-state index is 11.6. The first-order chi connectivity index (χ1) is 8.81. The first kappa shape index (κ1) is 11.6. The molecule has 0 bridgehead atoms. The zero-order chi connectivity index (χ0) is 12.4. The predicted octanol–water partition coefficient (Wildman–Crippen LogP) is 3.91. The summed E-state index contributed by atoms with van der Waals surface area (Å²) in [6.45, 7) is 0. The van der Waals surface area contributed by atoms with Crippen LogP contribution in [0.4, 0.5) is 0 Å². The number of rotatable bonds is 2. The van der Waals surface area contributed by atoms with E-state index in [1.807, 2.05) is 24.3 Å². The molecule has 0 saturated carbocycles. The predicted molar refractivity (Wildman–Crippen MR) is 74.9 cm³/mol. The van der Waals surface area contributed by atoms with Crippen molar-refractivity contribution >= 4 is 27.3 Å². The molecular formula is C15H15NOS. The molecule has 1 aliphatic rings. The molecule has 0 fully saturated rings. The Bertz CT molecular complexity index is 579. The SMILES string of the molecule is O=C1C=C(Cc2nc3ccccc3s2)CCCC1. The van der Waals surface area contributed by atoms with Gasteiger partial charge >= 0.3 is 0 Å². The lowest BCUT2D eigenvalue weighted by atomic mass is 10.1. The first-order valence-electron chi connectivity index (χ1n) is 6.38. The Morgan fingerprint density at radius 3 is 2.89 bits per heavy atom. The molecule has 0 radical (unpaired) electrons. The highest BCUT2D eigenvalue weighted by Crippen LogP contribution is 2.26. The second-order valence-electron chi connectivity index (χ2n) is 4.73. The molecule has 0 unspecified atom stereocenters. The molecule has 92 valence electrons. The number of aromatic nitrogens is 1. The number of para-hydroxylation sites is 1. The zero-order valence-corrected chi connectivity index (χ0v) is 11.0. The number of nitrogens with zero attached hydrogens (tertiary/aromatic N) is 1. The molecule has 18 heavy (non-hydrogen) atoms. The third kappa shape index (κ3) is 2.51. The number of fused-ring (bicyclic) bond motifs is 1. The minimum atomic E-state index is 0.281. The minimum Gasteiger partial charge on any atom is -0.295 e. The minimum absolute atomic E-state index is 0.281. The van der Waals surface area contributed by atoms with Crippen molar-refractivity contribution in [3.8, 4) is 0 Å². The summed E-state index contributed by atoms with van der Waals surface area (Å²) in [5.41, 5.74) is 2.31. The first-order valence-corrected chi connectivity index (χ1v) is 7.19. The van der Waals surface area contributed by atoms with Crippen LogP contribution in [0.2, 0.25) is 0 Å². The quantitative estimate of drug-likeness (QED) is 0.816. The summed E-state index contributed by atoms with van der Waals surface area (Å²) in [5, 5.41) is 1.12. The van der Waals surface area contributed by atoms with Crippen LogP contribution < -0.4 is 0 Å². The van der Waals surface area contributed by atoms with Crippen molar-refractivity contribution in [3.63, 3.8) is 0 Å². The van der Waals surface area contributed by atoms with Gasteiger partial charge in [-0.05, 0) is 37.5 Å². The van der Waals surface area contributed by atoms with Gasteiger partial charge in [0.1, 0.15) is 0 Å². The summed E-state index contributed by atoms with van der Waals surface area (Å²) in [4.78, 5) is 16.2. The molecule has 2 aromatic rings. The van der Waals surface area contributed by atoms with Gasteiger partial charge in [0.05, 0.1) is 15.2 Å². The van der Waals surface area contributed by atoms with Crippen LogP contribution in [0.5, 0.6) is 0 Å². The fraction of sp³-hybridized carbons (Fsp3) is 0.333. The van der Waals surface area contributed by atoms with Gasteiger partial charge in [-0.15, -0.1) is 11.3 Å². The molecule has 0 amide bonds. The molecule has 2 nitrogen and oxygen atoms in total. The van der Waals surface area contributed by atoms with E-state index in [9.17, 15) is 4.79 Å². The van der Waals surface area contributed by atoms with Crippen LogP contribution in [0.1, 0.15) is 30.7 Å². The second kappa shape index (κ2) is 5.02. The van der Waals surface area contributed by atoms with Crippen molar-refractivity contribution in [1.82, 2.24) is 4.98 Å². The fourth-order valence-electron chi connectivity index (χ4n) is 2.35. The van der Waals surface area contributed by atoms with Crippen LogP contribution >= 0.6 is 11.3 Å². The number of carbonyl (C=O) groups excluding carboxylic acids is 1. The van der Waals surface area contributed by atoms with Gasteiger partial charge in [0.2, 0.25) is 0 Å². The van der Waals surface area contributed by atoms with Crippen LogP contribution in [0.15, 0.2) is 35.9 Å². The molecule has 3 heteroatoms. The van der Waals surface area contributed by atoms with Crippen molar-refractivity contribution in [1.29, 1.82) is 0 Å². The van der Waals surface area contributed by atoms with E-state index >= 15 is 0 Å². The van der Waals surface area contributed by atoms with Crippen molar-refractivity contribution < 1.29 is 4.79 Å². The van der Waals surface area contributed by atoms with E-state index in [1.165, 1.54) is 10.3 Å². The molecule has 0 spiro atoms. The molecule has 0 saturated heterocycles. The molecule has 0 atom stereocenters. The lowest BCUT2D eigenvalue weighted by Crippen LogP contribution is -1.93. The van der Waals surface area contributed by atoms with E-state index in [-0.39, 0.29) is 5.78 Å². The standard InChI is InChI=1S/C15H15NOS/c17-12-6-2-1-5-11(9-12)10-15-16-13-7-3-4-8-14(13)18-15/h3-4,7-9H,1-2,5-6,10H2. The Balaban J connectivity index is 1.85. The van der Waals surface area contributed by atoms with Gasteiger partial charge in [0, 0.05) is 12.8 Å². The van der Waals surface area contributed by atoms with Crippen molar-refractivity contribution in [2.24, 2.45) is 0 Å². The van der Waals surface area contributed by atoms with E-state index in [2.05, 4.69) is 11.1 Å². The molecule has 3 rings (SSSR count). The topological polar surface area (TPSA) is 30.0 Å².